The van der Waals surface area contributed by atoms with Gasteiger partial charge in [0.2, 0.25) is 5.91 Å². The SMILES string of the molecule is COCCCN1CCC(NC(=O)CCC2CCNCC2)CC1. The molecule has 2 fully saturated rings. The molecule has 2 aliphatic heterocycles. The van der Waals surface area contributed by atoms with Crippen LogP contribution >= 0.6 is 0 Å². The monoisotopic (exact) mass is 311 g/mol. The van der Waals surface area contributed by atoms with E-state index in [0.717, 1.165) is 70.9 Å². The molecule has 1 amide bonds. The molecule has 5 nitrogen and oxygen atoms in total. The van der Waals surface area contributed by atoms with Crippen LogP contribution in [0.5, 0.6) is 0 Å². The van der Waals surface area contributed by atoms with Gasteiger partial charge in [0.15, 0.2) is 0 Å². The Kier molecular flexibility index (Phi) is 8.20. The minimum absolute atomic E-state index is 0.261. The lowest BCUT2D eigenvalue weighted by Crippen LogP contribution is -2.45. The van der Waals surface area contributed by atoms with Crippen molar-refractivity contribution in [3.8, 4) is 0 Å². The Bertz CT molecular complexity index is 311. The summed E-state index contributed by atoms with van der Waals surface area (Å²) in [5.74, 6) is 1.01. The zero-order chi connectivity index (χ0) is 15.6. The predicted molar refractivity (Wildman–Crippen MR) is 88.9 cm³/mol. The van der Waals surface area contributed by atoms with E-state index in [1.807, 2.05) is 0 Å². The third-order valence-corrected chi connectivity index (χ3v) is 5.01. The normalized spacial score (nSPS) is 21.9. The number of hydrogen-bond acceptors (Lipinski definition) is 4. The Hall–Kier alpha value is -0.650. The highest BCUT2D eigenvalue weighted by molar-refractivity contribution is 5.76. The molecule has 22 heavy (non-hydrogen) atoms. The van der Waals surface area contributed by atoms with E-state index < -0.39 is 0 Å². The Balaban J connectivity index is 1.54. The zero-order valence-corrected chi connectivity index (χ0v) is 14.1. The third-order valence-electron chi connectivity index (χ3n) is 5.01. The smallest absolute Gasteiger partial charge is 0.220 e. The van der Waals surface area contributed by atoms with E-state index in [0.29, 0.717) is 12.5 Å². The van der Waals surface area contributed by atoms with Gasteiger partial charge in [-0.2, -0.15) is 0 Å². The molecule has 2 N–H and O–H groups in total. The molecule has 0 saturated carbocycles. The quantitative estimate of drug-likeness (QED) is 0.665. The van der Waals surface area contributed by atoms with Crippen molar-refractivity contribution < 1.29 is 9.53 Å². The molecule has 2 saturated heterocycles. The van der Waals surface area contributed by atoms with Crippen molar-refractivity contribution in [1.82, 2.24) is 15.5 Å². The minimum Gasteiger partial charge on any atom is -0.385 e. The summed E-state index contributed by atoms with van der Waals surface area (Å²) < 4.78 is 5.10. The van der Waals surface area contributed by atoms with Crippen LogP contribution in [0.3, 0.4) is 0 Å². The van der Waals surface area contributed by atoms with Crippen LogP contribution in [0.15, 0.2) is 0 Å². The summed E-state index contributed by atoms with van der Waals surface area (Å²) in [5.41, 5.74) is 0. The molecule has 0 aromatic rings. The molecule has 2 rings (SSSR count). The van der Waals surface area contributed by atoms with Crippen LogP contribution in [0.2, 0.25) is 0 Å². The average Bonchev–Trinajstić information content (AvgIpc) is 2.56. The van der Waals surface area contributed by atoms with Crippen molar-refractivity contribution in [2.45, 2.75) is 51.0 Å². The van der Waals surface area contributed by atoms with Crippen LogP contribution in [0.4, 0.5) is 0 Å². The van der Waals surface area contributed by atoms with Crippen molar-refractivity contribution in [1.29, 1.82) is 0 Å². The fourth-order valence-corrected chi connectivity index (χ4v) is 3.54. The summed E-state index contributed by atoms with van der Waals surface area (Å²) in [4.78, 5) is 14.6. The van der Waals surface area contributed by atoms with Gasteiger partial charge in [0.25, 0.3) is 0 Å². The van der Waals surface area contributed by atoms with Crippen LogP contribution in [0.25, 0.3) is 0 Å². The lowest BCUT2D eigenvalue weighted by molar-refractivity contribution is -0.122. The fourth-order valence-electron chi connectivity index (χ4n) is 3.54. The van der Waals surface area contributed by atoms with Gasteiger partial charge >= 0.3 is 0 Å². The minimum atomic E-state index is 0.261. The number of ether oxygens (including phenoxy) is 1. The molecule has 0 radical (unpaired) electrons. The van der Waals surface area contributed by atoms with Crippen molar-refractivity contribution in [3.63, 3.8) is 0 Å². The van der Waals surface area contributed by atoms with Gasteiger partial charge in [-0.3, -0.25) is 4.79 Å². The Labute approximate surface area is 135 Å². The second kappa shape index (κ2) is 10.2. The number of piperidine rings is 2. The van der Waals surface area contributed by atoms with Gasteiger partial charge in [-0.05, 0) is 57.5 Å². The van der Waals surface area contributed by atoms with E-state index in [-0.39, 0.29) is 5.91 Å². The summed E-state index contributed by atoms with van der Waals surface area (Å²) in [5, 5.41) is 6.62. The lowest BCUT2D eigenvalue weighted by Gasteiger charge is -2.32. The van der Waals surface area contributed by atoms with Gasteiger partial charge in [0, 0.05) is 45.8 Å². The van der Waals surface area contributed by atoms with Crippen LogP contribution in [0, 0.1) is 5.92 Å². The highest BCUT2D eigenvalue weighted by Gasteiger charge is 2.21. The second-order valence-corrected chi connectivity index (χ2v) is 6.76. The van der Waals surface area contributed by atoms with E-state index >= 15 is 0 Å². The number of carbonyl (C=O) groups is 1. The van der Waals surface area contributed by atoms with Crippen molar-refractivity contribution in [3.05, 3.63) is 0 Å². The number of amides is 1. The molecule has 5 heteroatoms. The number of hydrogen-bond donors (Lipinski definition) is 2. The number of nitrogens with one attached hydrogen (secondary N) is 2. The first-order valence-electron chi connectivity index (χ1n) is 8.99. The largest absolute Gasteiger partial charge is 0.385 e. The van der Waals surface area contributed by atoms with E-state index in [1.165, 1.54) is 12.8 Å². The summed E-state index contributed by atoms with van der Waals surface area (Å²) in [7, 11) is 1.76. The Morgan fingerprint density at radius 2 is 1.95 bits per heavy atom. The summed E-state index contributed by atoms with van der Waals surface area (Å²) >= 11 is 0. The molecule has 0 spiro atoms. The van der Waals surface area contributed by atoms with Gasteiger partial charge in [-0.1, -0.05) is 0 Å². The first kappa shape index (κ1) is 17.7. The van der Waals surface area contributed by atoms with Crippen LogP contribution < -0.4 is 10.6 Å². The molecule has 0 bridgehead atoms. The van der Waals surface area contributed by atoms with Gasteiger partial charge < -0.3 is 20.3 Å². The summed E-state index contributed by atoms with van der Waals surface area (Å²) in [6.45, 7) is 6.39. The maximum absolute atomic E-state index is 12.1. The number of rotatable bonds is 8. The number of carbonyl (C=O) groups excluding carboxylic acids is 1. The van der Waals surface area contributed by atoms with Gasteiger partial charge in [-0.25, -0.2) is 0 Å². The average molecular weight is 311 g/mol. The van der Waals surface area contributed by atoms with Crippen molar-refractivity contribution in [2.75, 3.05) is 46.4 Å². The number of methoxy groups -OCH3 is 1. The highest BCUT2D eigenvalue weighted by Crippen LogP contribution is 2.18. The van der Waals surface area contributed by atoms with Gasteiger partial charge in [0.1, 0.15) is 0 Å². The highest BCUT2D eigenvalue weighted by atomic mass is 16.5. The first-order valence-corrected chi connectivity index (χ1v) is 8.99. The lowest BCUT2D eigenvalue weighted by atomic mass is 9.93. The molecule has 0 aliphatic carbocycles. The number of nitrogens with zero attached hydrogens (tertiary/aromatic N) is 1. The molecule has 0 unspecified atom stereocenters. The van der Waals surface area contributed by atoms with Gasteiger partial charge in [0.05, 0.1) is 0 Å². The van der Waals surface area contributed by atoms with Crippen LogP contribution in [0.1, 0.15) is 44.9 Å². The zero-order valence-electron chi connectivity index (χ0n) is 14.1. The van der Waals surface area contributed by atoms with Crippen molar-refractivity contribution >= 4 is 5.91 Å². The molecular weight excluding hydrogens is 278 g/mol. The fraction of sp³-hybridized carbons (Fsp3) is 0.941. The molecule has 0 aromatic carbocycles. The van der Waals surface area contributed by atoms with Crippen LogP contribution in [-0.4, -0.2) is 63.3 Å². The van der Waals surface area contributed by atoms with Gasteiger partial charge in [-0.15, -0.1) is 0 Å². The van der Waals surface area contributed by atoms with E-state index in [9.17, 15) is 4.79 Å². The molecular formula is C17H33N3O2. The Morgan fingerprint density at radius 1 is 1.23 bits per heavy atom. The third kappa shape index (κ3) is 6.63. The predicted octanol–water partition coefficient (Wildman–Crippen LogP) is 1.38. The first-order chi connectivity index (χ1) is 10.8. The summed E-state index contributed by atoms with van der Waals surface area (Å²) in [6.07, 6.45) is 7.50. The van der Waals surface area contributed by atoms with Crippen molar-refractivity contribution in [2.24, 2.45) is 5.92 Å². The topological polar surface area (TPSA) is 53.6 Å². The molecule has 0 aromatic heterocycles. The van der Waals surface area contributed by atoms with Crippen LogP contribution in [-0.2, 0) is 9.53 Å². The second-order valence-electron chi connectivity index (χ2n) is 6.76. The maximum Gasteiger partial charge on any atom is 0.220 e. The van der Waals surface area contributed by atoms with E-state index in [1.54, 1.807) is 7.11 Å². The molecule has 2 heterocycles. The van der Waals surface area contributed by atoms with E-state index in [4.69, 9.17) is 4.74 Å². The number of likely N-dealkylation sites (tertiary alicyclic amines) is 1. The molecule has 128 valence electrons. The summed E-state index contributed by atoms with van der Waals surface area (Å²) in [6, 6.07) is 0.388. The molecule has 0 atom stereocenters. The maximum atomic E-state index is 12.1. The standard InChI is InChI=1S/C17H33N3O2/c1-22-14-2-11-20-12-7-16(8-13-20)19-17(21)4-3-15-5-9-18-10-6-15/h15-16,18H,2-14H2,1H3,(H,19,21). The Morgan fingerprint density at radius 3 is 2.64 bits per heavy atom. The van der Waals surface area contributed by atoms with E-state index in [2.05, 4.69) is 15.5 Å². The molecule has 2 aliphatic rings.